The first-order valence-electron chi connectivity index (χ1n) is 8.63. The number of aryl methyl sites for hydroxylation is 1. The average molecular weight is 350 g/mol. The molecule has 0 spiro atoms. The quantitative estimate of drug-likeness (QED) is 0.834. The molecule has 1 aliphatic rings. The maximum atomic E-state index is 13.0. The summed E-state index contributed by atoms with van der Waals surface area (Å²) < 4.78 is 0. The lowest BCUT2D eigenvalue weighted by Gasteiger charge is -2.38. The molecular formula is C20H22N4O2. The Hall–Kier alpha value is -3.07. The number of piperidine rings is 1. The minimum atomic E-state index is -0.668. The number of carbonyl (C=O) groups excluding carboxylic acids is 2. The van der Waals surface area contributed by atoms with Gasteiger partial charge in [0.1, 0.15) is 6.07 Å². The van der Waals surface area contributed by atoms with E-state index in [1.807, 2.05) is 26.0 Å². The van der Waals surface area contributed by atoms with Crippen LogP contribution in [0.25, 0.3) is 10.9 Å². The number of aromatic amines is 1. The minimum Gasteiger partial charge on any atom is -0.358 e. The van der Waals surface area contributed by atoms with E-state index in [0.29, 0.717) is 30.8 Å². The van der Waals surface area contributed by atoms with Gasteiger partial charge < -0.3 is 15.2 Å². The number of nitriles is 1. The van der Waals surface area contributed by atoms with E-state index < -0.39 is 5.41 Å². The van der Waals surface area contributed by atoms with Gasteiger partial charge in [0.05, 0.1) is 22.2 Å². The van der Waals surface area contributed by atoms with Gasteiger partial charge in [-0.25, -0.2) is 0 Å². The molecule has 1 aliphatic heterocycles. The number of nitrogens with zero attached hydrogens (tertiary/aromatic N) is 2. The normalized spacial score (nSPS) is 19.8. The molecule has 1 unspecified atom stereocenters. The van der Waals surface area contributed by atoms with Gasteiger partial charge in [-0.3, -0.25) is 9.59 Å². The molecule has 2 heterocycles. The topological polar surface area (TPSA) is 89.0 Å². The number of H-pyrrole nitrogens is 1. The third-order valence-electron chi connectivity index (χ3n) is 5.14. The van der Waals surface area contributed by atoms with Gasteiger partial charge in [-0.05, 0) is 44.4 Å². The van der Waals surface area contributed by atoms with Crippen molar-refractivity contribution in [2.24, 2.45) is 5.41 Å². The van der Waals surface area contributed by atoms with Crippen molar-refractivity contribution in [2.45, 2.75) is 26.7 Å². The number of hydrogen-bond acceptors (Lipinski definition) is 3. The number of rotatable bonds is 3. The van der Waals surface area contributed by atoms with Crippen molar-refractivity contribution in [3.8, 4) is 6.07 Å². The number of amides is 2. The number of hydrogen-bond donors (Lipinski definition) is 2. The molecule has 1 atom stereocenters. The molecule has 1 saturated heterocycles. The fourth-order valence-electron chi connectivity index (χ4n) is 3.63. The Labute approximate surface area is 152 Å². The Morgan fingerprint density at radius 1 is 1.46 bits per heavy atom. The largest absolute Gasteiger partial charge is 0.358 e. The summed E-state index contributed by atoms with van der Waals surface area (Å²) in [6.07, 6.45) is 4.42. The van der Waals surface area contributed by atoms with Crippen molar-refractivity contribution < 1.29 is 9.59 Å². The second kappa shape index (κ2) is 6.68. The molecule has 0 bridgehead atoms. The highest BCUT2D eigenvalue weighted by molar-refractivity contribution is 6.05. The number of benzene rings is 1. The maximum absolute atomic E-state index is 13.0. The first kappa shape index (κ1) is 17.7. The molecule has 1 aromatic heterocycles. The van der Waals surface area contributed by atoms with Crippen LogP contribution >= 0.6 is 0 Å². The fourth-order valence-corrected chi connectivity index (χ4v) is 3.63. The first-order chi connectivity index (χ1) is 12.4. The predicted octanol–water partition coefficient (Wildman–Crippen LogP) is 3.10. The van der Waals surface area contributed by atoms with E-state index in [9.17, 15) is 14.9 Å². The van der Waals surface area contributed by atoms with Gasteiger partial charge in [0.2, 0.25) is 11.8 Å². The van der Waals surface area contributed by atoms with Crippen molar-refractivity contribution in [3.05, 3.63) is 42.1 Å². The lowest BCUT2D eigenvalue weighted by Crippen LogP contribution is -2.49. The highest BCUT2D eigenvalue weighted by Gasteiger charge is 2.39. The van der Waals surface area contributed by atoms with Crippen LogP contribution in [0.5, 0.6) is 0 Å². The van der Waals surface area contributed by atoms with Gasteiger partial charge in [-0.1, -0.05) is 12.6 Å². The van der Waals surface area contributed by atoms with E-state index in [-0.39, 0.29) is 11.8 Å². The monoisotopic (exact) mass is 350 g/mol. The van der Waals surface area contributed by atoms with Gasteiger partial charge in [0.25, 0.3) is 0 Å². The Morgan fingerprint density at radius 3 is 2.92 bits per heavy atom. The Morgan fingerprint density at radius 2 is 2.23 bits per heavy atom. The lowest BCUT2D eigenvalue weighted by atomic mass is 9.80. The number of aromatic nitrogens is 1. The van der Waals surface area contributed by atoms with Crippen LogP contribution in [0, 0.1) is 23.7 Å². The SMILES string of the molecule is C=CC(=O)N1CCCC(C)(C(=O)Nc2ccc(C)c3c(C#N)c[nH]c23)C1. The summed E-state index contributed by atoms with van der Waals surface area (Å²) in [6.45, 7) is 8.35. The highest BCUT2D eigenvalue weighted by Crippen LogP contribution is 2.33. The van der Waals surface area contributed by atoms with E-state index >= 15 is 0 Å². The third kappa shape index (κ3) is 2.97. The van der Waals surface area contributed by atoms with Crippen LogP contribution in [-0.2, 0) is 9.59 Å². The molecule has 26 heavy (non-hydrogen) atoms. The second-order valence-electron chi connectivity index (χ2n) is 7.08. The highest BCUT2D eigenvalue weighted by atomic mass is 16.2. The smallest absolute Gasteiger partial charge is 0.245 e. The standard InChI is InChI=1S/C20H22N4O2/c1-4-16(25)24-9-5-8-20(3,12-24)19(26)23-15-7-6-13(2)17-14(10-21)11-22-18(15)17/h4,6-7,11,22H,1,5,8-9,12H2,2-3H3,(H,23,26). The predicted molar refractivity (Wildman–Crippen MR) is 100 cm³/mol. The summed E-state index contributed by atoms with van der Waals surface area (Å²) in [5.74, 6) is -0.276. The summed E-state index contributed by atoms with van der Waals surface area (Å²) >= 11 is 0. The van der Waals surface area contributed by atoms with E-state index in [1.165, 1.54) is 6.08 Å². The summed E-state index contributed by atoms with van der Waals surface area (Å²) in [4.78, 5) is 29.7. The Kier molecular flexibility index (Phi) is 4.56. The van der Waals surface area contributed by atoms with Gasteiger partial charge >= 0.3 is 0 Å². The van der Waals surface area contributed by atoms with Crippen molar-refractivity contribution in [1.82, 2.24) is 9.88 Å². The van der Waals surface area contributed by atoms with Crippen molar-refractivity contribution in [3.63, 3.8) is 0 Å². The van der Waals surface area contributed by atoms with Crippen molar-refractivity contribution >= 4 is 28.4 Å². The minimum absolute atomic E-state index is 0.127. The number of carbonyl (C=O) groups is 2. The zero-order chi connectivity index (χ0) is 18.9. The zero-order valence-electron chi connectivity index (χ0n) is 15.1. The van der Waals surface area contributed by atoms with Crippen LogP contribution < -0.4 is 5.32 Å². The van der Waals surface area contributed by atoms with Crippen molar-refractivity contribution in [2.75, 3.05) is 18.4 Å². The van der Waals surface area contributed by atoms with E-state index in [0.717, 1.165) is 22.9 Å². The van der Waals surface area contributed by atoms with Crippen molar-refractivity contribution in [1.29, 1.82) is 5.26 Å². The van der Waals surface area contributed by atoms with Crippen LogP contribution in [-0.4, -0.2) is 34.8 Å². The number of likely N-dealkylation sites (tertiary alicyclic amines) is 1. The molecule has 1 aromatic carbocycles. The van der Waals surface area contributed by atoms with E-state index in [2.05, 4.69) is 22.9 Å². The summed E-state index contributed by atoms with van der Waals surface area (Å²) in [5.41, 5.74) is 2.25. The van der Waals surface area contributed by atoms with Gasteiger partial charge in [-0.2, -0.15) is 5.26 Å². The van der Waals surface area contributed by atoms with Crippen LogP contribution in [0.3, 0.4) is 0 Å². The molecule has 0 saturated carbocycles. The van der Waals surface area contributed by atoms with Crippen LogP contribution in [0.2, 0.25) is 0 Å². The Bertz CT molecular complexity index is 937. The molecule has 0 radical (unpaired) electrons. The summed E-state index contributed by atoms with van der Waals surface area (Å²) in [5, 5.41) is 13.1. The molecule has 6 nitrogen and oxygen atoms in total. The molecule has 2 amide bonds. The first-order valence-corrected chi connectivity index (χ1v) is 8.63. The van der Waals surface area contributed by atoms with Crippen LogP contribution in [0.15, 0.2) is 31.0 Å². The Balaban J connectivity index is 1.88. The summed E-state index contributed by atoms with van der Waals surface area (Å²) in [7, 11) is 0. The average Bonchev–Trinajstić information content (AvgIpc) is 3.08. The van der Waals surface area contributed by atoms with Gasteiger partial charge in [-0.15, -0.1) is 0 Å². The van der Waals surface area contributed by atoms with Crippen LogP contribution in [0.4, 0.5) is 5.69 Å². The van der Waals surface area contributed by atoms with Gasteiger partial charge in [0.15, 0.2) is 0 Å². The molecule has 134 valence electrons. The summed E-state index contributed by atoms with van der Waals surface area (Å²) in [6, 6.07) is 5.90. The lowest BCUT2D eigenvalue weighted by molar-refractivity contribution is -0.134. The van der Waals surface area contributed by atoms with Gasteiger partial charge in [0, 0.05) is 24.7 Å². The van der Waals surface area contributed by atoms with Crippen LogP contribution in [0.1, 0.15) is 30.9 Å². The molecule has 1 fully saturated rings. The second-order valence-corrected chi connectivity index (χ2v) is 7.08. The molecule has 2 N–H and O–H groups in total. The number of fused-ring (bicyclic) bond motifs is 1. The number of anilines is 1. The fraction of sp³-hybridized carbons (Fsp3) is 0.350. The van der Waals surface area contributed by atoms with E-state index in [1.54, 1.807) is 11.1 Å². The zero-order valence-corrected chi connectivity index (χ0v) is 15.1. The number of nitrogens with one attached hydrogen (secondary N) is 2. The maximum Gasteiger partial charge on any atom is 0.245 e. The third-order valence-corrected chi connectivity index (χ3v) is 5.14. The molecule has 3 rings (SSSR count). The molecular weight excluding hydrogens is 328 g/mol. The molecule has 6 heteroatoms. The molecule has 0 aliphatic carbocycles. The molecule has 2 aromatic rings. The van der Waals surface area contributed by atoms with E-state index in [4.69, 9.17) is 0 Å².